The van der Waals surface area contributed by atoms with Crippen molar-refractivity contribution < 1.29 is 19.1 Å². The number of hydrogen-bond acceptors (Lipinski definition) is 5. The lowest BCUT2D eigenvalue weighted by atomic mass is 9.79. The van der Waals surface area contributed by atoms with Crippen LogP contribution in [0.3, 0.4) is 0 Å². The van der Waals surface area contributed by atoms with E-state index >= 15 is 0 Å². The van der Waals surface area contributed by atoms with Crippen LogP contribution in [-0.2, 0) is 49.9 Å². The fourth-order valence-electron chi connectivity index (χ4n) is 17.0. The molecule has 1 saturated heterocycles. The molecule has 0 spiro atoms. The molecule has 10 aliphatic heterocycles. The highest BCUT2D eigenvalue weighted by Gasteiger charge is 2.49. The summed E-state index contributed by atoms with van der Waals surface area (Å²) in [6.07, 6.45) is 24.1. The normalized spacial score (nSPS) is 21.7. The molecule has 0 bridgehead atoms. The maximum absolute atomic E-state index is 13.9. The fraction of sp³-hybridized carbons (Fsp3) is 0.469. The van der Waals surface area contributed by atoms with Gasteiger partial charge in [0, 0.05) is 86.6 Å². The SMILES string of the molecule is CN(C(=O)OCc1ccccc1)C1=C2C=C3CCC=[N+]4CCCC(=C2[Si](C)(C)c2c1cc1c5c2CCCN5CCC1)[C-]34.C[NH+]=C1c2cc3c4c(c2[Si](C)(C)c2c1cc1c5c2CCCN5CCC1)CCCN4CCC3. The number of allylic oxidation sites excluding steroid dienone is 3. The lowest BCUT2D eigenvalue weighted by Gasteiger charge is -2.50. The Bertz CT molecular complexity index is 3160. The molecule has 0 radical (unpaired) electrons. The molecule has 0 aromatic heterocycles. The van der Waals surface area contributed by atoms with Gasteiger partial charge < -0.3 is 19.4 Å². The van der Waals surface area contributed by atoms with Crippen LogP contribution in [0.4, 0.5) is 21.9 Å². The molecule has 15 rings (SSSR count). The number of nitrogens with zero attached hydrogens (tertiary/aromatic N) is 5. The van der Waals surface area contributed by atoms with Gasteiger partial charge in [-0.25, -0.2) is 9.79 Å². The summed E-state index contributed by atoms with van der Waals surface area (Å²) in [5.74, 6) is 0. The molecule has 4 aromatic rings. The number of aryl methyl sites for hydroxylation is 3. The van der Waals surface area contributed by atoms with Crippen LogP contribution in [0.2, 0.25) is 26.2 Å². The van der Waals surface area contributed by atoms with Gasteiger partial charge in [-0.05, 0) is 169 Å². The van der Waals surface area contributed by atoms with Crippen molar-refractivity contribution >= 4 is 72.5 Å². The summed E-state index contributed by atoms with van der Waals surface area (Å²) < 4.78 is 8.53. The first-order valence-corrected chi connectivity index (χ1v) is 35.0. The number of carbonyl (C=O) groups is 1. The minimum atomic E-state index is -2.13. The summed E-state index contributed by atoms with van der Waals surface area (Å²) in [5.41, 5.74) is 26.8. The largest absolute Gasteiger partial charge is 0.444 e. The zero-order valence-electron chi connectivity index (χ0n) is 45.3. The minimum absolute atomic E-state index is 0.276. The molecular weight excluding hydrogens is 941 g/mol. The highest BCUT2D eigenvalue weighted by Crippen LogP contribution is 2.52. The number of nitrogens with one attached hydrogen (secondary N) is 1. The molecule has 8 nitrogen and oxygen atoms in total. The average molecular weight is 1020 g/mol. The van der Waals surface area contributed by atoms with Gasteiger partial charge in [-0.2, -0.15) is 0 Å². The molecule has 1 fully saturated rings. The zero-order valence-corrected chi connectivity index (χ0v) is 47.3. The number of rotatable bonds is 3. The quantitative estimate of drug-likeness (QED) is 0.128. The van der Waals surface area contributed by atoms with Gasteiger partial charge in [-0.15, -0.1) is 11.3 Å². The first kappa shape index (κ1) is 46.9. The van der Waals surface area contributed by atoms with E-state index in [1.807, 2.05) is 42.3 Å². The summed E-state index contributed by atoms with van der Waals surface area (Å²) in [7, 11) is 0.129. The number of ether oxygens (including phenoxy) is 1. The maximum Gasteiger partial charge on any atom is 0.414 e. The van der Waals surface area contributed by atoms with Gasteiger partial charge in [0.25, 0.3) is 0 Å². The van der Waals surface area contributed by atoms with E-state index in [4.69, 9.17) is 4.74 Å². The highest BCUT2D eigenvalue weighted by molar-refractivity contribution is 7.03. The molecule has 382 valence electrons. The zero-order chi connectivity index (χ0) is 50.2. The predicted molar refractivity (Wildman–Crippen MR) is 309 cm³/mol. The van der Waals surface area contributed by atoms with Crippen molar-refractivity contribution in [1.82, 2.24) is 4.90 Å². The first-order chi connectivity index (χ1) is 36.0. The van der Waals surface area contributed by atoms with Gasteiger partial charge in [0.1, 0.15) is 34.3 Å². The van der Waals surface area contributed by atoms with Crippen molar-refractivity contribution in [2.45, 2.75) is 136 Å². The van der Waals surface area contributed by atoms with Crippen LogP contribution < -0.4 is 35.3 Å². The smallest absolute Gasteiger partial charge is 0.414 e. The van der Waals surface area contributed by atoms with Gasteiger partial charge in [0.15, 0.2) is 0 Å². The molecule has 4 aromatic carbocycles. The second kappa shape index (κ2) is 17.8. The Morgan fingerprint density at radius 2 is 1.18 bits per heavy atom. The number of hydrogen-bond donors (Lipinski definition) is 1. The third-order valence-electron chi connectivity index (χ3n) is 19.5. The van der Waals surface area contributed by atoms with E-state index in [0.29, 0.717) is 0 Å². The lowest BCUT2D eigenvalue weighted by Crippen LogP contribution is -2.74. The maximum atomic E-state index is 13.9. The number of amides is 1. The van der Waals surface area contributed by atoms with Crippen molar-refractivity contribution in [3.05, 3.63) is 138 Å². The monoisotopic (exact) mass is 1020 g/mol. The summed E-state index contributed by atoms with van der Waals surface area (Å²) in [6, 6.07) is 19.2. The molecule has 1 aliphatic carbocycles. The Hall–Kier alpha value is -5.59. The predicted octanol–water partition coefficient (Wildman–Crippen LogP) is 8.04. The molecule has 74 heavy (non-hydrogen) atoms. The van der Waals surface area contributed by atoms with Crippen LogP contribution in [0.5, 0.6) is 0 Å². The fourth-order valence-corrected chi connectivity index (χ4v) is 24.9. The van der Waals surface area contributed by atoms with Crippen molar-refractivity contribution in [3.63, 3.8) is 0 Å². The molecule has 1 N–H and O–H groups in total. The van der Waals surface area contributed by atoms with Crippen molar-refractivity contribution in [2.75, 3.05) is 74.6 Å². The van der Waals surface area contributed by atoms with Crippen molar-refractivity contribution in [3.8, 4) is 0 Å². The second-order valence-electron chi connectivity index (χ2n) is 24.6. The van der Waals surface area contributed by atoms with E-state index in [1.165, 1.54) is 150 Å². The third-order valence-corrected chi connectivity index (χ3v) is 26.8. The molecule has 0 atom stereocenters. The minimum Gasteiger partial charge on any atom is -0.444 e. The van der Waals surface area contributed by atoms with E-state index in [0.717, 1.165) is 49.9 Å². The molecule has 11 aliphatic rings. The summed E-state index contributed by atoms with van der Waals surface area (Å²) >= 11 is 0. The molecular formula is C64H77N6O2Si2+. The van der Waals surface area contributed by atoms with Gasteiger partial charge in [0.2, 0.25) is 5.71 Å². The van der Waals surface area contributed by atoms with E-state index < -0.39 is 16.1 Å². The van der Waals surface area contributed by atoms with Crippen molar-refractivity contribution in [1.29, 1.82) is 0 Å². The van der Waals surface area contributed by atoms with E-state index in [2.05, 4.69) is 88.0 Å². The van der Waals surface area contributed by atoms with Crippen LogP contribution in [-0.4, -0.2) is 104 Å². The van der Waals surface area contributed by atoms with Crippen LogP contribution in [0.25, 0.3) is 5.70 Å². The average Bonchev–Trinajstić information content (AvgIpc) is 3.41. The molecule has 0 unspecified atom stereocenters. The molecule has 10 heteroatoms. The number of benzene rings is 4. The van der Waals surface area contributed by atoms with E-state index in [9.17, 15) is 4.79 Å². The third kappa shape index (κ3) is 7.01. The first-order valence-electron chi connectivity index (χ1n) is 29.0. The van der Waals surface area contributed by atoms with E-state index in [-0.39, 0.29) is 12.7 Å². The van der Waals surface area contributed by atoms with Gasteiger partial charge in [0.05, 0.1) is 14.3 Å². The number of fused-ring (bicyclic) bond motifs is 7. The van der Waals surface area contributed by atoms with Gasteiger partial charge >= 0.3 is 6.09 Å². The van der Waals surface area contributed by atoms with Gasteiger partial charge in [-0.3, -0.25) is 9.48 Å². The molecule has 1 amide bonds. The Morgan fingerprint density at radius 3 is 1.72 bits per heavy atom. The highest BCUT2D eigenvalue weighted by atomic mass is 28.3. The van der Waals surface area contributed by atoms with E-state index in [1.54, 1.807) is 76.6 Å². The van der Waals surface area contributed by atoms with Crippen LogP contribution in [0.1, 0.15) is 120 Å². The standard InChI is InChI=1S/C36H41N3O2Si.C28H35N3Si/c1-37(36(40)41-23-24-11-5-4-6-12-24)33-29-21-25-13-7-17-38-19-9-15-27(31(25)38)34(29)42(2,3)35-28-16-10-20-39-18-8-14-26(32(28)39)22-30(33)35;1-29-24-22-16-18-8-4-12-30-14-6-10-20(25(18)30)27(22)32(2,3)28-21-11-7-15-31-13-5-9-19(26(21)31)17-23(24)28/h4-6,11-12,17,21-22H,7-10,13-16,18-20,23H2,1-3H3;16-17H,4-15H2,1-3H3/p+1. The second-order valence-corrected chi connectivity index (χ2v) is 33.1. The molecule has 0 saturated carbocycles. The summed E-state index contributed by atoms with van der Waals surface area (Å²) in [5, 5.41) is 6.68. The van der Waals surface area contributed by atoms with Crippen LogP contribution in [0, 0.1) is 6.04 Å². The van der Waals surface area contributed by atoms with Crippen LogP contribution in [0.15, 0.2) is 76.5 Å². The van der Waals surface area contributed by atoms with Crippen molar-refractivity contribution in [2.24, 2.45) is 0 Å². The summed E-state index contributed by atoms with van der Waals surface area (Å²) in [4.78, 5) is 27.6. The lowest BCUT2D eigenvalue weighted by molar-refractivity contribution is -0.508. The Kier molecular flexibility index (Phi) is 11.3. The Balaban J connectivity index is 0.000000141. The Morgan fingerprint density at radius 1 is 0.662 bits per heavy atom. The summed E-state index contributed by atoms with van der Waals surface area (Å²) in [6.45, 7) is 19.3. The number of anilines is 3. The Labute approximate surface area is 442 Å². The number of carbonyl (C=O) groups excluding carboxylic acids is 1. The van der Waals surface area contributed by atoms with Gasteiger partial charge in [-0.1, -0.05) is 78.4 Å². The number of piperidine rings is 1. The van der Waals surface area contributed by atoms with Crippen LogP contribution >= 0.6 is 0 Å². The topological polar surface area (TPSA) is 56.2 Å². The molecule has 10 heterocycles.